The minimum atomic E-state index is -1.24. The van der Waals surface area contributed by atoms with Crippen molar-refractivity contribution in [1.29, 1.82) is 0 Å². The Bertz CT molecular complexity index is 159. The highest BCUT2D eigenvalue weighted by atomic mass is 16.4. The van der Waals surface area contributed by atoms with Gasteiger partial charge in [-0.2, -0.15) is 0 Å². The molecule has 0 spiro atoms. The Morgan fingerprint density at radius 3 is 2.45 bits per heavy atom. The van der Waals surface area contributed by atoms with Crippen molar-refractivity contribution in [1.82, 2.24) is 5.32 Å². The largest absolute Gasteiger partial charge is 0.480 e. The van der Waals surface area contributed by atoms with Gasteiger partial charge in [0, 0.05) is 0 Å². The van der Waals surface area contributed by atoms with Crippen molar-refractivity contribution in [2.24, 2.45) is 5.73 Å². The molecule has 5 N–H and O–H groups in total. The van der Waals surface area contributed by atoms with Gasteiger partial charge in [0.2, 0.25) is 5.91 Å². The molecule has 0 aromatic heterocycles. The van der Waals surface area contributed by atoms with Gasteiger partial charge in [-0.25, -0.2) is 0 Å². The Labute approximate surface area is 63.0 Å². The predicted octanol–water partition coefficient (Wildman–Crippen LogP) is -2.15. The van der Waals surface area contributed by atoms with E-state index in [1.165, 1.54) is 0 Å². The molecule has 0 aromatic carbocycles. The fourth-order valence-electron chi connectivity index (χ4n) is 0.447. The second-order valence-electron chi connectivity index (χ2n) is 1.91. The highest BCUT2D eigenvalue weighted by molar-refractivity contribution is 5.83. The molecule has 11 heavy (non-hydrogen) atoms. The lowest BCUT2D eigenvalue weighted by Gasteiger charge is -2.04. The molecule has 64 valence electrons. The number of nitrogens with one attached hydrogen (secondary N) is 1. The fraction of sp³-hybridized carbons (Fsp3) is 0.600. The molecule has 0 heterocycles. The number of hydrogen-bond donors (Lipinski definition) is 4. The van der Waals surface area contributed by atoms with Crippen LogP contribution in [0.25, 0.3) is 0 Å². The predicted molar refractivity (Wildman–Crippen MR) is 35.5 cm³/mol. The Morgan fingerprint density at radius 1 is 1.55 bits per heavy atom. The molecular formula is C5H10N2O4. The summed E-state index contributed by atoms with van der Waals surface area (Å²) in [6, 6.07) is -1.21. The van der Waals surface area contributed by atoms with Crippen molar-refractivity contribution in [2.45, 2.75) is 12.5 Å². The summed E-state index contributed by atoms with van der Waals surface area (Å²) in [6.07, 6.45) is -0.324. The summed E-state index contributed by atoms with van der Waals surface area (Å²) in [5.41, 5.74) is 5.01. The molecule has 0 aliphatic carbocycles. The maximum atomic E-state index is 10.5. The summed E-state index contributed by atoms with van der Waals surface area (Å²) in [6.45, 7) is -0.509. The first-order chi connectivity index (χ1) is 5.07. The lowest BCUT2D eigenvalue weighted by molar-refractivity contribution is -0.140. The normalized spacial score (nSPS) is 12.2. The first-order valence-corrected chi connectivity index (χ1v) is 2.94. The quantitative estimate of drug-likeness (QED) is 0.352. The van der Waals surface area contributed by atoms with Gasteiger partial charge in [-0.15, -0.1) is 0 Å². The van der Waals surface area contributed by atoms with E-state index in [9.17, 15) is 9.59 Å². The van der Waals surface area contributed by atoms with Crippen LogP contribution in [0.4, 0.5) is 0 Å². The third-order valence-electron chi connectivity index (χ3n) is 0.999. The van der Waals surface area contributed by atoms with Gasteiger partial charge in [0.1, 0.15) is 12.8 Å². The van der Waals surface area contributed by atoms with Crippen molar-refractivity contribution < 1.29 is 19.8 Å². The van der Waals surface area contributed by atoms with Gasteiger partial charge in [-0.3, -0.25) is 9.59 Å². The van der Waals surface area contributed by atoms with Crippen LogP contribution in [-0.4, -0.2) is 34.9 Å². The topological polar surface area (TPSA) is 113 Å². The second-order valence-corrected chi connectivity index (χ2v) is 1.91. The molecule has 0 fully saturated rings. The minimum absolute atomic E-state index is 0.324. The maximum absolute atomic E-state index is 10.5. The molecule has 0 saturated heterocycles. The SMILES string of the molecule is NC(CC(=O)NCO)C(=O)O. The second kappa shape index (κ2) is 4.64. The average Bonchev–Trinajstić information content (AvgIpc) is 1.87. The summed E-state index contributed by atoms with van der Waals surface area (Å²) in [5, 5.41) is 18.4. The summed E-state index contributed by atoms with van der Waals surface area (Å²) in [7, 11) is 0. The lowest BCUT2D eigenvalue weighted by Crippen LogP contribution is -2.37. The molecule has 0 saturated carbocycles. The molecule has 0 rings (SSSR count). The number of carboxylic acid groups (broad SMARTS) is 1. The first-order valence-electron chi connectivity index (χ1n) is 2.94. The first kappa shape index (κ1) is 9.86. The van der Waals surface area contributed by atoms with E-state index in [1.54, 1.807) is 0 Å². The van der Waals surface area contributed by atoms with E-state index in [4.69, 9.17) is 15.9 Å². The van der Waals surface area contributed by atoms with Gasteiger partial charge in [-0.05, 0) is 0 Å². The van der Waals surface area contributed by atoms with Crippen LogP contribution in [0.1, 0.15) is 6.42 Å². The fourth-order valence-corrected chi connectivity index (χ4v) is 0.447. The zero-order valence-electron chi connectivity index (χ0n) is 5.78. The zero-order valence-corrected chi connectivity index (χ0v) is 5.78. The van der Waals surface area contributed by atoms with E-state index in [2.05, 4.69) is 0 Å². The van der Waals surface area contributed by atoms with Gasteiger partial charge in [0.15, 0.2) is 0 Å². The average molecular weight is 162 g/mol. The van der Waals surface area contributed by atoms with E-state index in [1.807, 2.05) is 5.32 Å². The monoisotopic (exact) mass is 162 g/mol. The third kappa shape index (κ3) is 4.29. The van der Waals surface area contributed by atoms with Gasteiger partial charge < -0.3 is 21.3 Å². The molecule has 0 radical (unpaired) electrons. The van der Waals surface area contributed by atoms with Crippen LogP contribution >= 0.6 is 0 Å². The number of aliphatic carboxylic acids is 1. The van der Waals surface area contributed by atoms with Crippen LogP contribution < -0.4 is 11.1 Å². The Kier molecular flexibility index (Phi) is 4.16. The van der Waals surface area contributed by atoms with E-state index < -0.39 is 24.6 Å². The minimum Gasteiger partial charge on any atom is -0.480 e. The number of nitrogens with two attached hydrogens (primary N) is 1. The van der Waals surface area contributed by atoms with Crippen LogP contribution in [0.15, 0.2) is 0 Å². The van der Waals surface area contributed by atoms with Crippen molar-refractivity contribution in [3.63, 3.8) is 0 Å². The molecule has 1 amide bonds. The highest BCUT2D eigenvalue weighted by Gasteiger charge is 2.15. The molecular weight excluding hydrogens is 152 g/mol. The van der Waals surface area contributed by atoms with Crippen molar-refractivity contribution in [3.05, 3.63) is 0 Å². The summed E-state index contributed by atoms with van der Waals surface area (Å²) in [4.78, 5) is 20.6. The number of aliphatic hydroxyl groups is 1. The zero-order chi connectivity index (χ0) is 8.85. The Balaban J connectivity index is 3.66. The molecule has 6 nitrogen and oxygen atoms in total. The van der Waals surface area contributed by atoms with Gasteiger partial charge in [0.25, 0.3) is 0 Å². The Hall–Kier alpha value is -1.14. The van der Waals surface area contributed by atoms with E-state index in [0.29, 0.717) is 0 Å². The van der Waals surface area contributed by atoms with Crippen LogP contribution in [0.5, 0.6) is 0 Å². The summed E-state index contributed by atoms with van der Waals surface area (Å²) in [5.74, 6) is -1.82. The number of amides is 1. The number of carboxylic acids is 1. The maximum Gasteiger partial charge on any atom is 0.321 e. The van der Waals surface area contributed by atoms with Crippen LogP contribution in [-0.2, 0) is 9.59 Å². The Morgan fingerprint density at radius 2 is 2.09 bits per heavy atom. The molecule has 6 heteroatoms. The number of carbonyl (C=O) groups is 2. The highest BCUT2D eigenvalue weighted by Crippen LogP contribution is 1.86. The number of hydrogen-bond acceptors (Lipinski definition) is 4. The number of rotatable bonds is 4. The lowest BCUT2D eigenvalue weighted by atomic mass is 10.2. The van der Waals surface area contributed by atoms with Gasteiger partial charge >= 0.3 is 5.97 Å². The van der Waals surface area contributed by atoms with Gasteiger partial charge in [-0.1, -0.05) is 0 Å². The number of aliphatic hydroxyl groups excluding tert-OH is 1. The van der Waals surface area contributed by atoms with Crippen molar-refractivity contribution >= 4 is 11.9 Å². The third-order valence-corrected chi connectivity index (χ3v) is 0.999. The molecule has 0 bridgehead atoms. The summed E-state index contributed by atoms with van der Waals surface area (Å²) < 4.78 is 0. The molecule has 0 aliphatic heterocycles. The standard InChI is InChI=1S/C5H10N2O4/c6-3(5(10)11)1-4(9)7-2-8/h3,8H,1-2,6H2,(H,7,9)(H,10,11). The van der Waals surface area contributed by atoms with Crippen molar-refractivity contribution in [3.8, 4) is 0 Å². The van der Waals surface area contributed by atoms with Crippen LogP contribution in [0, 0.1) is 0 Å². The number of carbonyl (C=O) groups excluding carboxylic acids is 1. The van der Waals surface area contributed by atoms with Crippen LogP contribution in [0.2, 0.25) is 0 Å². The molecule has 0 aromatic rings. The van der Waals surface area contributed by atoms with E-state index >= 15 is 0 Å². The van der Waals surface area contributed by atoms with Crippen LogP contribution in [0.3, 0.4) is 0 Å². The van der Waals surface area contributed by atoms with E-state index in [-0.39, 0.29) is 6.42 Å². The van der Waals surface area contributed by atoms with E-state index in [0.717, 1.165) is 0 Å². The summed E-state index contributed by atoms with van der Waals surface area (Å²) >= 11 is 0. The molecule has 1 atom stereocenters. The molecule has 0 aliphatic rings. The smallest absolute Gasteiger partial charge is 0.321 e. The van der Waals surface area contributed by atoms with Gasteiger partial charge in [0.05, 0.1) is 6.42 Å². The molecule has 1 unspecified atom stereocenters. The van der Waals surface area contributed by atoms with Crippen molar-refractivity contribution in [2.75, 3.05) is 6.73 Å².